The van der Waals surface area contributed by atoms with Crippen LogP contribution in [0, 0.1) is 13.8 Å². The van der Waals surface area contributed by atoms with Crippen molar-refractivity contribution in [1.29, 1.82) is 0 Å². The lowest BCUT2D eigenvalue weighted by molar-refractivity contribution is 1.25. The summed E-state index contributed by atoms with van der Waals surface area (Å²) in [6.45, 7) is 4.33. The highest BCUT2D eigenvalue weighted by molar-refractivity contribution is 5.95. The van der Waals surface area contributed by atoms with Gasteiger partial charge in [0.25, 0.3) is 0 Å². The molecule has 0 unspecified atom stereocenters. The topological polar surface area (TPSA) is 6.48 Å². The quantitative estimate of drug-likeness (QED) is 0.208. The molecule has 6 aromatic carbocycles. The van der Waals surface area contributed by atoms with Crippen LogP contribution in [0.1, 0.15) is 11.1 Å². The Morgan fingerprint density at radius 1 is 0.325 bits per heavy atom. The number of rotatable bonds is 7. The van der Waals surface area contributed by atoms with Crippen molar-refractivity contribution in [2.45, 2.75) is 13.8 Å². The summed E-state index contributed by atoms with van der Waals surface area (Å²) in [6, 6.07) is 56.1. The lowest BCUT2D eigenvalue weighted by Crippen LogP contribution is -2.14. The van der Waals surface area contributed by atoms with Gasteiger partial charge in [-0.2, -0.15) is 0 Å². The highest BCUT2D eigenvalue weighted by Gasteiger charge is 2.22. The Balaban J connectivity index is 1.62. The van der Waals surface area contributed by atoms with Crippen molar-refractivity contribution in [3.8, 4) is 11.1 Å². The molecular formula is C38H32N2. The maximum absolute atomic E-state index is 2.36. The first-order valence-corrected chi connectivity index (χ1v) is 13.7. The van der Waals surface area contributed by atoms with Gasteiger partial charge in [0.15, 0.2) is 0 Å². The molecule has 0 N–H and O–H groups in total. The minimum Gasteiger partial charge on any atom is -0.310 e. The average Bonchev–Trinajstić information content (AvgIpc) is 3.00. The van der Waals surface area contributed by atoms with E-state index in [1.807, 2.05) is 0 Å². The Morgan fingerprint density at radius 3 is 0.875 bits per heavy atom. The molecular weight excluding hydrogens is 484 g/mol. The van der Waals surface area contributed by atoms with Crippen LogP contribution in [0.2, 0.25) is 0 Å². The van der Waals surface area contributed by atoms with Crippen LogP contribution < -0.4 is 9.80 Å². The molecule has 0 aromatic heterocycles. The van der Waals surface area contributed by atoms with Crippen LogP contribution in [0.4, 0.5) is 34.1 Å². The zero-order valence-corrected chi connectivity index (χ0v) is 22.9. The lowest BCUT2D eigenvalue weighted by atomic mass is 9.96. The summed E-state index contributed by atoms with van der Waals surface area (Å²) in [7, 11) is 0. The zero-order valence-electron chi connectivity index (χ0n) is 22.9. The van der Waals surface area contributed by atoms with E-state index >= 15 is 0 Å². The number of benzene rings is 6. The van der Waals surface area contributed by atoms with E-state index in [1.165, 1.54) is 22.3 Å². The number of hydrogen-bond donors (Lipinski definition) is 0. The van der Waals surface area contributed by atoms with E-state index in [0.29, 0.717) is 0 Å². The molecule has 0 aliphatic heterocycles. The van der Waals surface area contributed by atoms with Crippen molar-refractivity contribution < 1.29 is 0 Å². The van der Waals surface area contributed by atoms with Crippen molar-refractivity contribution in [2.24, 2.45) is 0 Å². The predicted octanol–water partition coefficient (Wildman–Crippen LogP) is 10.9. The summed E-state index contributed by atoms with van der Waals surface area (Å²) < 4.78 is 0. The molecule has 0 spiro atoms. The number of anilines is 6. The summed E-state index contributed by atoms with van der Waals surface area (Å²) in [6.07, 6.45) is 0. The third kappa shape index (κ3) is 5.12. The standard InChI is InChI=1S/C38H32N2/c1-29-23-25-35(37(27-29)39(31-15-7-3-8-16-31)32-17-9-4-10-18-32)36-26-24-30(2)28-38(36)40(33-19-11-5-12-20-33)34-21-13-6-14-22-34/h3-28H,1-2H3. The van der Waals surface area contributed by atoms with Crippen LogP contribution in [0.3, 0.4) is 0 Å². The molecule has 40 heavy (non-hydrogen) atoms. The minimum absolute atomic E-state index is 1.12. The molecule has 6 rings (SSSR count). The number of aryl methyl sites for hydroxylation is 2. The second-order valence-electron chi connectivity index (χ2n) is 10.1. The fourth-order valence-electron chi connectivity index (χ4n) is 5.27. The van der Waals surface area contributed by atoms with Gasteiger partial charge in [-0.25, -0.2) is 0 Å². The fourth-order valence-corrected chi connectivity index (χ4v) is 5.27. The van der Waals surface area contributed by atoms with Gasteiger partial charge >= 0.3 is 0 Å². The molecule has 0 aliphatic carbocycles. The monoisotopic (exact) mass is 516 g/mol. The van der Waals surface area contributed by atoms with E-state index < -0.39 is 0 Å². The summed E-state index contributed by atoms with van der Waals surface area (Å²) >= 11 is 0. The minimum atomic E-state index is 1.12. The van der Waals surface area contributed by atoms with Crippen LogP contribution in [0.25, 0.3) is 11.1 Å². The lowest BCUT2D eigenvalue weighted by Gasteiger charge is -2.31. The van der Waals surface area contributed by atoms with Gasteiger partial charge < -0.3 is 9.80 Å². The van der Waals surface area contributed by atoms with Crippen LogP contribution in [0.15, 0.2) is 158 Å². The van der Waals surface area contributed by atoms with Crippen molar-refractivity contribution in [2.75, 3.05) is 9.80 Å². The largest absolute Gasteiger partial charge is 0.310 e. The van der Waals surface area contributed by atoms with Gasteiger partial charge in [-0.1, -0.05) is 97.1 Å². The smallest absolute Gasteiger partial charge is 0.0543 e. The Hall–Kier alpha value is -5.08. The van der Waals surface area contributed by atoms with Crippen molar-refractivity contribution in [3.63, 3.8) is 0 Å². The molecule has 0 heterocycles. The Kier molecular flexibility index (Phi) is 7.15. The van der Waals surface area contributed by atoms with E-state index in [-0.39, 0.29) is 0 Å². The molecule has 6 aromatic rings. The summed E-state index contributed by atoms with van der Waals surface area (Å²) in [4.78, 5) is 4.72. The maximum atomic E-state index is 2.36. The molecule has 194 valence electrons. The average molecular weight is 517 g/mol. The van der Waals surface area contributed by atoms with E-state index in [1.54, 1.807) is 0 Å². The highest BCUT2D eigenvalue weighted by atomic mass is 15.2. The molecule has 0 fully saturated rings. The molecule has 0 amide bonds. The summed E-state index contributed by atoms with van der Waals surface area (Å²) in [5.41, 5.74) is 11.5. The molecule has 2 nitrogen and oxygen atoms in total. The van der Waals surface area contributed by atoms with Crippen molar-refractivity contribution in [3.05, 3.63) is 169 Å². The van der Waals surface area contributed by atoms with Gasteiger partial charge in [-0.05, 0) is 85.6 Å². The fraction of sp³-hybridized carbons (Fsp3) is 0.0526. The maximum Gasteiger partial charge on any atom is 0.0543 e. The Bertz CT molecular complexity index is 1490. The van der Waals surface area contributed by atoms with Crippen molar-refractivity contribution in [1.82, 2.24) is 0 Å². The van der Waals surface area contributed by atoms with Crippen LogP contribution in [0.5, 0.6) is 0 Å². The van der Waals surface area contributed by atoms with E-state index in [4.69, 9.17) is 0 Å². The molecule has 0 atom stereocenters. The third-order valence-electron chi connectivity index (χ3n) is 7.14. The number of hydrogen-bond acceptors (Lipinski definition) is 2. The second kappa shape index (κ2) is 11.3. The number of nitrogens with zero attached hydrogens (tertiary/aromatic N) is 2. The second-order valence-corrected chi connectivity index (χ2v) is 10.1. The predicted molar refractivity (Wildman–Crippen MR) is 171 cm³/mol. The SMILES string of the molecule is Cc1ccc(-c2ccc(C)cc2N(c2ccccc2)c2ccccc2)c(N(c2ccccc2)c2ccccc2)c1. The van der Waals surface area contributed by atoms with Gasteiger partial charge in [-0.3, -0.25) is 0 Å². The van der Waals surface area contributed by atoms with E-state index in [9.17, 15) is 0 Å². The normalized spacial score (nSPS) is 10.8. The Labute approximate surface area is 237 Å². The third-order valence-corrected chi connectivity index (χ3v) is 7.14. The first-order valence-electron chi connectivity index (χ1n) is 13.7. The molecule has 0 saturated carbocycles. The van der Waals surface area contributed by atoms with E-state index in [2.05, 4.69) is 181 Å². The van der Waals surface area contributed by atoms with Crippen LogP contribution >= 0.6 is 0 Å². The van der Waals surface area contributed by atoms with Crippen molar-refractivity contribution >= 4 is 34.1 Å². The summed E-state index contributed by atoms with van der Waals surface area (Å²) in [5, 5.41) is 0. The van der Waals surface area contributed by atoms with E-state index in [0.717, 1.165) is 34.1 Å². The Morgan fingerprint density at radius 2 is 0.600 bits per heavy atom. The first-order chi connectivity index (χ1) is 19.7. The molecule has 0 bridgehead atoms. The zero-order chi connectivity index (χ0) is 27.3. The van der Waals surface area contributed by atoms with Crippen LogP contribution in [-0.4, -0.2) is 0 Å². The van der Waals surface area contributed by atoms with Gasteiger partial charge in [0.2, 0.25) is 0 Å². The van der Waals surface area contributed by atoms with Gasteiger partial charge in [0.1, 0.15) is 0 Å². The summed E-state index contributed by atoms with van der Waals surface area (Å²) in [5.74, 6) is 0. The van der Waals surface area contributed by atoms with Gasteiger partial charge in [0, 0.05) is 33.9 Å². The van der Waals surface area contributed by atoms with Crippen LogP contribution in [-0.2, 0) is 0 Å². The molecule has 0 saturated heterocycles. The van der Waals surface area contributed by atoms with Gasteiger partial charge in [-0.15, -0.1) is 0 Å². The molecule has 0 aliphatic rings. The molecule has 0 radical (unpaired) electrons. The van der Waals surface area contributed by atoms with Gasteiger partial charge in [0.05, 0.1) is 11.4 Å². The number of para-hydroxylation sites is 4. The molecule has 2 heteroatoms. The first kappa shape index (κ1) is 25.2. The highest BCUT2D eigenvalue weighted by Crippen LogP contribution is 2.46.